The van der Waals surface area contributed by atoms with Crippen molar-refractivity contribution in [3.8, 4) is 0 Å². The van der Waals surface area contributed by atoms with Crippen LogP contribution in [0.2, 0.25) is 0 Å². The second kappa shape index (κ2) is 4.89. The van der Waals surface area contributed by atoms with E-state index >= 15 is 0 Å². The van der Waals surface area contributed by atoms with Crippen molar-refractivity contribution in [3.05, 3.63) is 17.7 Å². The SMILES string of the molecule is Cc1c[nH]c(C)n1.OB(O)O. The van der Waals surface area contributed by atoms with Crippen molar-refractivity contribution in [2.45, 2.75) is 13.8 Å². The average Bonchev–Trinajstić information content (AvgIpc) is 2.13. The third kappa shape index (κ3) is 7.05. The van der Waals surface area contributed by atoms with E-state index in [1.54, 1.807) is 0 Å². The third-order valence-electron chi connectivity index (χ3n) is 0.834. The highest BCUT2D eigenvalue weighted by molar-refractivity contribution is 6.30. The number of aryl methyl sites for hydroxylation is 2. The van der Waals surface area contributed by atoms with Crippen LogP contribution in [-0.2, 0) is 0 Å². The van der Waals surface area contributed by atoms with Gasteiger partial charge in [-0.15, -0.1) is 0 Å². The summed E-state index contributed by atoms with van der Waals surface area (Å²) in [5, 5.41) is 21.5. The van der Waals surface area contributed by atoms with Gasteiger partial charge in [0.2, 0.25) is 0 Å². The zero-order valence-corrected chi connectivity index (χ0v) is 6.44. The van der Waals surface area contributed by atoms with Gasteiger partial charge in [-0.2, -0.15) is 0 Å². The molecule has 1 aromatic rings. The van der Waals surface area contributed by atoms with Gasteiger partial charge in [-0.05, 0) is 13.8 Å². The van der Waals surface area contributed by atoms with Gasteiger partial charge in [-0.25, -0.2) is 4.98 Å². The molecule has 0 bridgehead atoms. The highest BCUT2D eigenvalue weighted by Gasteiger charge is 1.92. The highest BCUT2D eigenvalue weighted by atomic mass is 16.5. The summed E-state index contributed by atoms with van der Waals surface area (Å²) in [4.78, 5) is 7.01. The van der Waals surface area contributed by atoms with Gasteiger partial charge in [-0.3, -0.25) is 0 Å². The molecule has 1 rings (SSSR count). The maximum absolute atomic E-state index is 7.17. The number of aromatic amines is 1. The number of hydrogen-bond donors (Lipinski definition) is 4. The molecule has 0 amide bonds. The second-order valence-electron chi connectivity index (χ2n) is 1.97. The van der Waals surface area contributed by atoms with Gasteiger partial charge in [0.25, 0.3) is 0 Å². The first-order chi connectivity index (χ1) is 5.02. The minimum atomic E-state index is -2.17. The predicted octanol–water partition coefficient (Wildman–Crippen LogP) is -1.03. The lowest BCUT2D eigenvalue weighted by molar-refractivity contribution is 0.278. The van der Waals surface area contributed by atoms with Crippen molar-refractivity contribution in [2.24, 2.45) is 0 Å². The topological polar surface area (TPSA) is 89.4 Å². The van der Waals surface area contributed by atoms with Crippen LogP contribution in [-0.4, -0.2) is 32.4 Å². The normalized spacial score (nSPS) is 8.45. The molecule has 5 nitrogen and oxygen atoms in total. The van der Waals surface area contributed by atoms with Crippen molar-refractivity contribution >= 4 is 7.32 Å². The number of rotatable bonds is 0. The Kier molecular flexibility index (Phi) is 4.52. The molecule has 0 saturated heterocycles. The molecule has 62 valence electrons. The number of aromatic nitrogens is 2. The van der Waals surface area contributed by atoms with Crippen LogP contribution < -0.4 is 0 Å². The highest BCUT2D eigenvalue weighted by Crippen LogP contribution is 1.89. The maximum Gasteiger partial charge on any atom is 0.631 e. The largest absolute Gasteiger partial charge is 0.631 e. The monoisotopic (exact) mass is 158 g/mol. The quantitative estimate of drug-likeness (QED) is 0.363. The molecule has 0 fully saturated rings. The Morgan fingerprint density at radius 3 is 1.91 bits per heavy atom. The van der Waals surface area contributed by atoms with E-state index in [9.17, 15) is 0 Å². The van der Waals surface area contributed by atoms with Crippen molar-refractivity contribution in [1.29, 1.82) is 0 Å². The van der Waals surface area contributed by atoms with Crippen LogP contribution in [0.4, 0.5) is 0 Å². The standard InChI is InChI=1S/C5H8N2.BH3O3/c1-4-3-6-5(2)7-4;2-1(3)4/h3H,1-2H3,(H,6,7);2-4H. The molecule has 0 aliphatic carbocycles. The molecule has 0 saturated carbocycles. The summed E-state index contributed by atoms with van der Waals surface area (Å²) in [5.74, 6) is 0.984. The summed E-state index contributed by atoms with van der Waals surface area (Å²) in [6.07, 6.45) is 1.88. The Hall–Kier alpha value is -0.845. The Labute approximate surface area is 64.9 Å². The summed E-state index contributed by atoms with van der Waals surface area (Å²) in [6.45, 7) is 3.90. The first-order valence-electron chi connectivity index (χ1n) is 3.05. The minimum absolute atomic E-state index is 0.984. The second-order valence-corrected chi connectivity index (χ2v) is 1.97. The van der Waals surface area contributed by atoms with Gasteiger partial charge in [0.1, 0.15) is 5.82 Å². The van der Waals surface area contributed by atoms with Crippen LogP contribution in [0.5, 0.6) is 0 Å². The molecular formula is C5H11BN2O3. The summed E-state index contributed by atoms with van der Waals surface area (Å²) >= 11 is 0. The smallest absolute Gasteiger partial charge is 0.402 e. The summed E-state index contributed by atoms with van der Waals surface area (Å²) in [5.41, 5.74) is 1.05. The number of imidazole rings is 1. The van der Waals surface area contributed by atoms with Crippen LogP contribution >= 0.6 is 0 Å². The Morgan fingerprint density at radius 1 is 1.36 bits per heavy atom. The number of H-pyrrole nitrogens is 1. The van der Waals surface area contributed by atoms with E-state index in [-0.39, 0.29) is 0 Å². The molecule has 0 aliphatic heterocycles. The van der Waals surface area contributed by atoms with E-state index in [1.807, 2.05) is 20.0 Å². The van der Waals surface area contributed by atoms with Gasteiger partial charge in [0.05, 0.1) is 5.69 Å². The molecule has 0 aromatic carbocycles. The number of nitrogens with zero attached hydrogens (tertiary/aromatic N) is 1. The summed E-state index contributed by atoms with van der Waals surface area (Å²) in [6, 6.07) is 0. The molecule has 1 heterocycles. The predicted molar refractivity (Wildman–Crippen MR) is 40.5 cm³/mol. The van der Waals surface area contributed by atoms with Gasteiger partial charge >= 0.3 is 7.32 Å². The lowest BCUT2D eigenvalue weighted by atomic mass is 10.3. The van der Waals surface area contributed by atoms with Crippen LogP contribution in [0.15, 0.2) is 6.20 Å². The molecule has 4 N–H and O–H groups in total. The van der Waals surface area contributed by atoms with E-state index in [4.69, 9.17) is 15.1 Å². The molecule has 0 atom stereocenters. The van der Waals surface area contributed by atoms with Crippen LogP contribution in [0.1, 0.15) is 11.5 Å². The lowest BCUT2D eigenvalue weighted by Crippen LogP contribution is -2.07. The molecule has 11 heavy (non-hydrogen) atoms. The lowest BCUT2D eigenvalue weighted by Gasteiger charge is -1.71. The van der Waals surface area contributed by atoms with Crippen molar-refractivity contribution in [1.82, 2.24) is 9.97 Å². The van der Waals surface area contributed by atoms with E-state index < -0.39 is 7.32 Å². The maximum atomic E-state index is 7.17. The van der Waals surface area contributed by atoms with Crippen LogP contribution in [0.3, 0.4) is 0 Å². The summed E-state index contributed by atoms with van der Waals surface area (Å²) < 4.78 is 0. The van der Waals surface area contributed by atoms with Crippen molar-refractivity contribution in [2.75, 3.05) is 0 Å². The molecule has 0 radical (unpaired) electrons. The number of nitrogens with one attached hydrogen (secondary N) is 1. The van der Waals surface area contributed by atoms with E-state index in [0.717, 1.165) is 11.5 Å². The molecule has 1 aromatic heterocycles. The van der Waals surface area contributed by atoms with Gasteiger partial charge < -0.3 is 20.1 Å². The van der Waals surface area contributed by atoms with Gasteiger partial charge in [0.15, 0.2) is 0 Å². The van der Waals surface area contributed by atoms with E-state index in [0.29, 0.717) is 0 Å². The van der Waals surface area contributed by atoms with Crippen molar-refractivity contribution in [3.63, 3.8) is 0 Å². The molecular weight excluding hydrogens is 147 g/mol. The Morgan fingerprint density at radius 2 is 1.82 bits per heavy atom. The molecule has 0 aliphatic rings. The summed E-state index contributed by atoms with van der Waals surface area (Å²) in [7, 11) is -2.17. The fourth-order valence-corrected chi connectivity index (χ4v) is 0.538. The van der Waals surface area contributed by atoms with Crippen molar-refractivity contribution < 1.29 is 15.1 Å². The number of hydrogen-bond acceptors (Lipinski definition) is 4. The first kappa shape index (κ1) is 10.2. The fraction of sp³-hybridized carbons (Fsp3) is 0.400. The molecule has 6 heteroatoms. The van der Waals surface area contributed by atoms with E-state index in [2.05, 4.69) is 9.97 Å². The van der Waals surface area contributed by atoms with Gasteiger partial charge in [0, 0.05) is 6.20 Å². The third-order valence-corrected chi connectivity index (χ3v) is 0.834. The average molecular weight is 158 g/mol. The molecule has 0 spiro atoms. The minimum Gasteiger partial charge on any atom is -0.402 e. The van der Waals surface area contributed by atoms with Crippen LogP contribution in [0.25, 0.3) is 0 Å². The first-order valence-corrected chi connectivity index (χ1v) is 3.05. The Balaban J connectivity index is 0.000000218. The van der Waals surface area contributed by atoms with Gasteiger partial charge in [-0.1, -0.05) is 0 Å². The zero-order chi connectivity index (χ0) is 8.85. The zero-order valence-electron chi connectivity index (χ0n) is 6.44. The van der Waals surface area contributed by atoms with E-state index in [1.165, 1.54) is 0 Å². The molecule has 0 unspecified atom stereocenters. The van der Waals surface area contributed by atoms with Crippen LogP contribution in [0, 0.1) is 13.8 Å². The Bertz CT molecular complexity index is 182. The fourth-order valence-electron chi connectivity index (χ4n) is 0.538.